The molecule has 2 atom stereocenters. The molecular formula is C11H17F3N2O3S. The van der Waals surface area contributed by atoms with Crippen molar-refractivity contribution in [3.05, 3.63) is 0 Å². The molecule has 1 aliphatic rings. The van der Waals surface area contributed by atoms with Crippen molar-refractivity contribution >= 4 is 23.8 Å². The van der Waals surface area contributed by atoms with E-state index < -0.39 is 23.4 Å². The highest BCUT2D eigenvalue weighted by Crippen LogP contribution is 2.29. The first-order valence-corrected chi connectivity index (χ1v) is 7.14. The smallest absolute Gasteiger partial charge is 0.441 e. The van der Waals surface area contributed by atoms with Gasteiger partial charge in [0.05, 0.1) is 5.92 Å². The number of aliphatic carboxylic acids is 1. The van der Waals surface area contributed by atoms with E-state index in [1.54, 1.807) is 0 Å². The number of carbonyl (C=O) groups is 2. The van der Waals surface area contributed by atoms with Gasteiger partial charge < -0.3 is 15.3 Å². The van der Waals surface area contributed by atoms with Gasteiger partial charge in [0.1, 0.15) is 0 Å². The molecule has 0 aromatic rings. The Morgan fingerprint density at radius 1 is 1.40 bits per heavy atom. The van der Waals surface area contributed by atoms with Gasteiger partial charge >= 0.3 is 17.5 Å². The van der Waals surface area contributed by atoms with Crippen LogP contribution in [0.25, 0.3) is 0 Å². The number of alkyl halides is 3. The summed E-state index contributed by atoms with van der Waals surface area (Å²) >= 11 is -0.199. The van der Waals surface area contributed by atoms with Crippen molar-refractivity contribution in [1.29, 1.82) is 0 Å². The van der Waals surface area contributed by atoms with Crippen molar-refractivity contribution in [1.82, 2.24) is 10.2 Å². The van der Waals surface area contributed by atoms with E-state index in [2.05, 4.69) is 5.32 Å². The first kappa shape index (κ1) is 16.9. The number of piperidine rings is 1. The standard InChI is InChI=1S/C11H17F3N2O3S/c1-7-4-8(9(17)18)6-16(5-7)10(19)15-2-3-20-11(12,13)14/h7-8H,2-6H2,1H3,(H,15,19)(H,17,18). The second-order valence-corrected chi connectivity index (χ2v) is 5.97. The van der Waals surface area contributed by atoms with Crippen LogP contribution in [-0.4, -0.2) is 52.9 Å². The lowest BCUT2D eigenvalue weighted by molar-refractivity contribution is -0.143. The lowest BCUT2D eigenvalue weighted by Gasteiger charge is -2.34. The van der Waals surface area contributed by atoms with Crippen LogP contribution >= 0.6 is 11.8 Å². The molecule has 0 bridgehead atoms. The molecule has 0 saturated carbocycles. The summed E-state index contributed by atoms with van der Waals surface area (Å²) in [4.78, 5) is 24.1. The molecule has 116 valence electrons. The maximum Gasteiger partial charge on any atom is 0.441 e. The van der Waals surface area contributed by atoms with Gasteiger partial charge in [-0.2, -0.15) is 13.2 Å². The van der Waals surface area contributed by atoms with Crippen molar-refractivity contribution in [2.24, 2.45) is 11.8 Å². The number of nitrogens with zero attached hydrogens (tertiary/aromatic N) is 1. The van der Waals surface area contributed by atoms with E-state index in [-0.39, 0.29) is 36.5 Å². The summed E-state index contributed by atoms with van der Waals surface area (Å²) in [5, 5.41) is 11.4. The van der Waals surface area contributed by atoms with Crippen molar-refractivity contribution in [2.75, 3.05) is 25.4 Å². The number of carbonyl (C=O) groups excluding carboxylic acids is 1. The van der Waals surface area contributed by atoms with Gasteiger partial charge in [0, 0.05) is 25.4 Å². The topological polar surface area (TPSA) is 69.6 Å². The van der Waals surface area contributed by atoms with Crippen LogP contribution in [0.5, 0.6) is 0 Å². The lowest BCUT2D eigenvalue weighted by atomic mass is 9.91. The fourth-order valence-electron chi connectivity index (χ4n) is 2.13. The summed E-state index contributed by atoms with van der Waals surface area (Å²) in [7, 11) is 0. The summed E-state index contributed by atoms with van der Waals surface area (Å²) in [6.45, 7) is 2.25. The van der Waals surface area contributed by atoms with E-state index in [9.17, 15) is 22.8 Å². The maximum absolute atomic E-state index is 11.9. The molecule has 0 aromatic carbocycles. The summed E-state index contributed by atoms with van der Waals surface area (Å²) in [5.74, 6) is -1.78. The van der Waals surface area contributed by atoms with Crippen molar-refractivity contribution in [3.63, 3.8) is 0 Å². The number of nitrogens with one attached hydrogen (secondary N) is 1. The molecule has 1 saturated heterocycles. The van der Waals surface area contributed by atoms with Gasteiger partial charge in [-0.1, -0.05) is 6.92 Å². The molecule has 9 heteroatoms. The van der Waals surface area contributed by atoms with Crippen LogP contribution in [0.4, 0.5) is 18.0 Å². The number of halogens is 3. The highest BCUT2D eigenvalue weighted by atomic mass is 32.2. The fourth-order valence-corrected chi connectivity index (χ4v) is 2.57. The van der Waals surface area contributed by atoms with Gasteiger partial charge in [-0.25, -0.2) is 4.79 Å². The number of hydrogen-bond donors (Lipinski definition) is 2. The lowest BCUT2D eigenvalue weighted by Crippen LogP contribution is -2.49. The number of urea groups is 1. The summed E-state index contributed by atoms with van der Waals surface area (Å²) in [6.07, 6.45) is 0.503. The Bertz CT molecular complexity index is 365. The Kier molecular flexibility index (Phi) is 5.97. The van der Waals surface area contributed by atoms with Crippen LogP contribution in [0.15, 0.2) is 0 Å². The van der Waals surface area contributed by atoms with Crippen LogP contribution in [0.2, 0.25) is 0 Å². The average Bonchev–Trinajstić information content (AvgIpc) is 2.32. The molecule has 0 aromatic heterocycles. The summed E-state index contributed by atoms with van der Waals surface area (Å²) in [5.41, 5.74) is -4.31. The minimum Gasteiger partial charge on any atom is -0.481 e. The molecule has 1 aliphatic heterocycles. The van der Waals surface area contributed by atoms with Crippen LogP contribution in [0, 0.1) is 11.8 Å². The number of rotatable bonds is 4. The van der Waals surface area contributed by atoms with E-state index in [0.717, 1.165) is 0 Å². The number of thioether (sulfide) groups is 1. The molecule has 0 aliphatic carbocycles. The van der Waals surface area contributed by atoms with Crippen molar-refractivity contribution < 1.29 is 27.9 Å². The van der Waals surface area contributed by atoms with Crippen molar-refractivity contribution in [2.45, 2.75) is 18.9 Å². The average molecular weight is 314 g/mol. The van der Waals surface area contributed by atoms with Gasteiger partial charge in [-0.05, 0) is 24.1 Å². The minimum atomic E-state index is -4.31. The summed E-state index contributed by atoms with van der Waals surface area (Å²) < 4.78 is 35.7. The molecule has 5 nitrogen and oxygen atoms in total. The van der Waals surface area contributed by atoms with E-state index in [4.69, 9.17) is 5.11 Å². The molecule has 0 radical (unpaired) electrons. The number of amides is 2. The first-order chi connectivity index (χ1) is 9.19. The van der Waals surface area contributed by atoms with E-state index in [1.165, 1.54) is 4.90 Å². The SMILES string of the molecule is CC1CC(C(=O)O)CN(C(=O)NCCSC(F)(F)F)C1. The zero-order chi connectivity index (χ0) is 15.3. The van der Waals surface area contributed by atoms with Gasteiger partial charge in [-0.15, -0.1) is 0 Å². The van der Waals surface area contributed by atoms with Crippen LogP contribution in [0.1, 0.15) is 13.3 Å². The molecule has 0 spiro atoms. The Labute approximate surface area is 118 Å². The quantitative estimate of drug-likeness (QED) is 0.779. The highest BCUT2D eigenvalue weighted by Gasteiger charge is 2.32. The molecule has 2 N–H and O–H groups in total. The van der Waals surface area contributed by atoms with E-state index in [1.807, 2.05) is 6.92 Å². The zero-order valence-corrected chi connectivity index (χ0v) is 11.8. The second-order valence-electron chi connectivity index (χ2n) is 4.81. The monoisotopic (exact) mass is 314 g/mol. The van der Waals surface area contributed by atoms with E-state index >= 15 is 0 Å². The molecule has 2 amide bonds. The third-order valence-electron chi connectivity index (χ3n) is 2.94. The van der Waals surface area contributed by atoms with Crippen molar-refractivity contribution in [3.8, 4) is 0 Å². The Hall–Kier alpha value is -1.12. The molecule has 1 rings (SSSR count). The third kappa shape index (κ3) is 5.89. The van der Waals surface area contributed by atoms with Gasteiger partial charge in [0.25, 0.3) is 0 Å². The maximum atomic E-state index is 11.9. The highest BCUT2D eigenvalue weighted by molar-refractivity contribution is 8.00. The predicted octanol–water partition coefficient (Wildman–Crippen LogP) is 1.99. The number of carboxylic acids is 1. The van der Waals surface area contributed by atoms with Crippen LogP contribution in [0.3, 0.4) is 0 Å². The minimum absolute atomic E-state index is 0.0557. The number of likely N-dealkylation sites (tertiary alicyclic amines) is 1. The molecule has 1 fully saturated rings. The fraction of sp³-hybridized carbons (Fsp3) is 0.818. The molecule has 20 heavy (non-hydrogen) atoms. The largest absolute Gasteiger partial charge is 0.481 e. The zero-order valence-electron chi connectivity index (χ0n) is 10.9. The normalized spacial score (nSPS) is 23.5. The first-order valence-electron chi connectivity index (χ1n) is 6.15. The second kappa shape index (κ2) is 7.05. The van der Waals surface area contributed by atoms with E-state index in [0.29, 0.717) is 13.0 Å². The van der Waals surface area contributed by atoms with Gasteiger partial charge in [0.2, 0.25) is 0 Å². The molecule has 1 heterocycles. The predicted molar refractivity (Wildman–Crippen MR) is 68.4 cm³/mol. The van der Waals surface area contributed by atoms with Gasteiger partial charge in [0.15, 0.2) is 0 Å². The summed E-state index contributed by atoms with van der Waals surface area (Å²) in [6, 6.07) is -0.509. The Balaban J connectivity index is 2.37. The number of hydrogen-bond acceptors (Lipinski definition) is 3. The van der Waals surface area contributed by atoms with Crippen LogP contribution in [-0.2, 0) is 4.79 Å². The molecular weight excluding hydrogens is 297 g/mol. The number of carboxylic acid groups (broad SMARTS) is 1. The van der Waals surface area contributed by atoms with Crippen LogP contribution < -0.4 is 5.32 Å². The molecule has 2 unspecified atom stereocenters. The Morgan fingerprint density at radius 2 is 2.05 bits per heavy atom. The third-order valence-corrected chi connectivity index (χ3v) is 3.68. The Morgan fingerprint density at radius 3 is 2.60 bits per heavy atom. The van der Waals surface area contributed by atoms with Gasteiger partial charge in [-0.3, -0.25) is 4.79 Å².